The molecule has 0 amide bonds. The molecule has 46 valence electrons. The quantitative estimate of drug-likeness (QED) is 0.385. The van der Waals surface area contributed by atoms with Crippen molar-refractivity contribution in [3.63, 3.8) is 0 Å². The van der Waals surface area contributed by atoms with Crippen LogP contribution in [0.4, 0.5) is 0 Å². The Morgan fingerprint density at radius 2 is 2.12 bits per heavy atom. The van der Waals surface area contributed by atoms with Crippen LogP contribution in [0, 0.1) is 11.8 Å². The first kappa shape index (κ1) is 7.81. The van der Waals surface area contributed by atoms with Gasteiger partial charge in [0.15, 0.2) is 0 Å². The predicted molar refractivity (Wildman–Crippen MR) is 34.8 cm³/mol. The van der Waals surface area contributed by atoms with Gasteiger partial charge in [-0.3, -0.25) is 0 Å². The number of hydrogen-bond donors (Lipinski definition) is 1. The highest BCUT2D eigenvalue weighted by Gasteiger charge is 2.04. The third-order valence-electron chi connectivity index (χ3n) is 0.461. The molecule has 2 heteroatoms. The summed E-state index contributed by atoms with van der Waals surface area (Å²) in [6.07, 6.45) is 0. The molecule has 0 aromatic rings. The minimum atomic E-state index is -0.894. The fraction of sp³-hybridized carbons (Fsp3) is 0.667. The highest BCUT2D eigenvalue weighted by atomic mass is 35.5. The molecule has 1 nitrogen and oxygen atoms in total. The molecule has 0 aliphatic carbocycles. The lowest BCUT2D eigenvalue weighted by Crippen LogP contribution is -2.14. The zero-order valence-electron chi connectivity index (χ0n) is 5.03. The summed E-state index contributed by atoms with van der Waals surface area (Å²) >= 11 is 5.22. The van der Waals surface area contributed by atoms with Crippen molar-refractivity contribution < 1.29 is 5.11 Å². The summed E-state index contributed by atoms with van der Waals surface area (Å²) in [7, 11) is 0. The second kappa shape index (κ2) is 2.96. The Labute approximate surface area is 54.7 Å². The van der Waals surface area contributed by atoms with Crippen LogP contribution in [0.2, 0.25) is 0 Å². The van der Waals surface area contributed by atoms with Gasteiger partial charge in [-0.1, -0.05) is 11.8 Å². The van der Waals surface area contributed by atoms with E-state index in [1.807, 2.05) is 0 Å². The molecule has 0 unspecified atom stereocenters. The van der Waals surface area contributed by atoms with E-state index < -0.39 is 5.60 Å². The molecule has 0 rings (SSSR count). The predicted octanol–water partition coefficient (Wildman–Crippen LogP) is 0.999. The molecular formula is C6H9ClO. The van der Waals surface area contributed by atoms with Gasteiger partial charge >= 0.3 is 0 Å². The fourth-order valence-electron chi connectivity index (χ4n) is 0.250. The second-order valence-electron chi connectivity index (χ2n) is 1.99. The van der Waals surface area contributed by atoms with Crippen molar-refractivity contribution in [3.8, 4) is 11.8 Å². The summed E-state index contributed by atoms with van der Waals surface area (Å²) in [5.74, 6) is 5.38. The average Bonchev–Trinajstić information content (AvgIpc) is 1.59. The molecule has 0 bridgehead atoms. The van der Waals surface area contributed by atoms with Crippen molar-refractivity contribution in [2.75, 3.05) is 5.88 Å². The maximum absolute atomic E-state index is 8.92. The zero-order chi connectivity index (χ0) is 6.62. The van der Waals surface area contributed by atoms with Gasteiger partial charge in [0.1, 0.15) is 5.60 Å². The SMILES string of the molecule is CC(C)(O)C#CCCl. The Bertz CT molecular complexity index is 113. The van der Waals surface area contributed by atoms with Crippen molar-refractivity contribution in [1.82, 2.24) is 0 Å². The molecule has 0 fully saturated rings. The van der Waals surface area contributed by atoms with Gasteiger partial charge in [-0.2, -0.15) is 0 Å². The molecule has 0 aromatic carbocycles. The summed E-state index contributed by atoms with van der Waals surface area (Å²) in [4.78, 5) is 0. The van der Waals surface area contributed by atoms with Gasteiger partial charge in [0, 0.05) is 0 Å². The molecule has 0 saturated carbocycles. The van der Waals surface area contributed by atoms with Crippen molar-refractivity contribution in [1.29, 1.82) is 0 Å². The first-order valence-electron chi connectivity index (χ1n) is 2.34. The van der Waals surface area contributed by atoms with Gasteiger partial charge in [-0.05, 0) is 13.8 Å². The Morgan fingerprint density at radius 3 is 2.25 bits per heavy atom. The van der Waals surface area contributed by atoms with Crippen molar-refractivity contribution in [2.24, 2.45) is 0 Å². The van der Waals surface area contributed by atoms with E-state index in [1.165, 1.54) is 0 Å². The fourth-order valence-corrected chi connectivity index (χ4v) is 0.317. The van der Waals surface area contributed by atoms with E-state index in [4.69, 9.17) is 16.7 Å². The van der Waals surface area contributed by atoms with E-state index in [0.29, 0.717) is 0 Å². The minimum Gasteiger partial charge on any atom is -0.378 e. The van der Waals surface area contributed by atoms with Crippen LogP contribution in [0.1, 0.15) is 13.8 Å². The Hall–Kier alpha value is -0.190. The van der Waals surface area contributed by atoms with Crippen LogP contribution in [-0.4, -0.2) is 16.6 Å². The van der Waals surface area contributed by atoms with Gasteiger partial charge in [0.2, 0.25) is 0 Å². The summed E-state index contributed by atoms with van der Waals surface area (Å²) in [5, 5.41) is 8.92. The van der Waals surface area contributed by atoms with Gasteiger partial charge < -0.3 is 5.11 Å². The lowest BCUT2D eigenvalue weighted by Gasteiger charge is -2.05. The van der Waals surface area contributed by atoms with Crippen LogP contribution < -0.4 is 0 Å². The van der Waals surface area contributed by atoms with Crippen LogP contribution in [0.25, 0.3) is 0 Å². The van der Waals surface area contributed by atoms with Gasteiger partial charge in [-0.15, -0.1) is 11.6 Å². The van der Waals surface area contributed by atoms with E-state index in [1.54, 1.807) is 13.8 Å². The summed E-state index contributed by atoms with van der Waals surface area (Å²) in [6, 6.07) is 0. The molecule has 0 radical (unpaired) electrons. The number of alkyl halides is 1. The lowest BCUT2D eigenvalue weighted by molar-refractivity contribution is 0.143. The smallest absolute Gasteiger partial charge is 0.120 e. The van der Waals surface area contributed by atoms with Crippen LogP contribution in [0.15, 0.2) is 0 Å². The first-order valence-corrected chi connectivity index (χ1v) is 2.88. The van der Waals surface area contributed by atoms with Crippen LogP contribution in [0.5, 0.6) is 0 Å². The highest BCUT2D eigenvalue weighted by Crippen LogP contribution is 1.95. The largest absolute Gasteiger partial charge is 0.378 e. The minimum absolute atomic E-state index is 0.282. The number of aliphatic hydroxyl groups is 1. The normalized spacial score (nSPS) is 10.0. The summed E-state index contributed by atoms with van der Waals surface area (Å²) in [6.45, 7) is 3.24. The van der Waals surface area contributed by atoms with E-state index in [-0.39, 0.29) is 5.88 Å². The maximum Gasteiger partial charge on any atom is 0.120 e. The van der Waals surface area contributed by atoms with Crippen molar-refractivity contribution in [2.45, 2.75) is 19.4 Å². The van der Waals surface area contributed by atoms with Gasteiger partial charge in [-0.25, -0.2) is 0 Å². The Kier molecular flexibility index (Phi) is 2.89. The van der Waals surface area contributed by atoms with Gasteiger partial charge in [0.25, 0.3) is 0 Å². The molecule has 0 aromatic heterocycles. The van der Waals surface area contributed by atoms with Gasteiger partial charge in [0.05, 0.1) is 5.88 Å². The van der Waals surface area contributed by atoms with E-state index in [0.717, 1.165) is 0 Å². The number of halogens is 1. The van der Waals surface area contributed by atoms with E-state index in [9.17, 15) is 0 Å². The maximum atomic E-state index is 8.92. The van der Waals surface area contributed by atoms with Crippen LogP contribution >= 0.6 is 11.6 Å². The van der Waals surface area contributed by atoms with E-state index in [2.05, 4.69) is 11.8 Å². The second-order valence-corrected chi connectivity index (χ2v) is 2.26. The average molecular weight is 133 g/mol. The molecule has 1 N–H and O–H groups in total. The number of rotatable bonds is 0. The van der Waals surface area contributed by atoms with Crippen molar-refractivity contribution >= 4 is 11.6 Å². The molecule has 0 spiro atoms. The molecule has 0 aliphatic heterocycles. The molecular weight excluding hydrogens is 124 g/mol. The third kappa shape index (κ3) is 5.81. The molecule has 0 atom stereocenters. The van der Waals surface area contributed by atoms with Crippen LogP contribution in [0.3, 0.4) is 0 Å². The first-order chi connectivity index (χ1) is 3.56. The molecule has 8 heavy (non-hydrogen) atoms. The molecule has 0 aliphatic rings. The molecule has 0 saturated heterocycles. The molecule has 0 heterocycles. The summed E-state index contributed by atoms with van der Waals surface area (Å²) in [5.41, 5.74) is -0.894. The standard InChI is InChI=1S/C6H9ClO/c1-6(2,8)4-3-5-7/h8H,5H2,1-2H3. The Morgan fingerprint density at radius 1 is 1.62 bits per heavy atom. The number of hydrogen-bond acceptors (Lipinski definition) is 1. The van der Waals surface area contributed by atoms with Crippen molar-refractivity contribution in [3.05, 3.63) is 0 Å². The zero-order valence-corrected chi connectivity index (χ0v) is 5.79. The Balaban J connectivity index is 3.69. The third-order valence-corrected chi connectivity index (χ3v) is 0.595. The highest BCUT2D eigenvalue weighted by molar-refractivity contribution is 6.19. The lowest BCUT2D eigenvalue weighted by atomic mass is 10.1. The topological polar surface area (TPSA) is 20.2 Å². The summed E-state index contributed by atoms with van der Waals surface area (Å²) < 4.78 is 0. The van der Waals surface area contributed by atoms with E-state index >= 15 is 0 Å². The monoisotopic (exact) mass is 132 g/mol. The van der Waals surface area contributed by atoms with Crippen LogP contribution in [-0.2, 0) is 0 Å².